The van der Waals surface area contributed by atoms with Crippen LogP contribution in [0.4, 0.5) is 16.0 Å². The van der Waals surface area contributed by atoms with Gasteiger partial charge in [0.05, 0.1) is 17.7 Å². The number of carbonyl (C=O) groups is 1. The molecule has 4 aromatic rings. The van der Waals surface area contributed by atoms with Crippen LogP contribution in [-0.2, 0) is 10.0 Å². The van der Waals surface area contributed by atoms with Gasteiger partial charge in [0.2, 0.25) is 5.95 Å². The van der Waals surface area contributed by atoms with Gasteiger partial charge in [0.15, 0.2) is 0 Å². The van der Waals surface area contributed by atoms with E-state index in [2.05, 4.69) is 20.8 Å². The van der Waals surface area contributed by atoms with Crippen molar-refractivity contribution in [3.8, 4) is 11.4 Å². The van der Waals surface area contributed by atoms with Crippen molar-refractivity contribution in [2.24, 2.45) is 0 Å². The molecular formula is C22H19FN6O5S. The average molecular weight is 498 g/mol. The number of nitrogens with zero attached hydrogens (tertiary/aromatic N) is 2. The summed E-state index contributed by atoms with van der Waals surface area (Å²) in [5.41, 5.74) is 2.68. The lowest BCUT2D eigenvalue weighted by Gasteiger charge is -2.09. The maximum atomic E-state index is 13.1. The molecule has 1 amide bonds. The predicted octanol–water partition coefficient (Wildman–Crippen LogP) is 2.08. The number of hydrazine groups is 1. The van der Waals surface area contributed by atoms with Crippen molar-refractivity contribution in [2.75, 3.05) is 12.4 Å². The number of sulfonamides is 1. The van der Waals surface area contributed by atoms with Crippen LogP contribution in [0.25, 0.3) is 5.69 Å². The minimum Gasteiger partial charge on any atom is -0.497 e. The monoisotopic (exact) mass is 498 g/mol. The molecule has 1 heterocycles. The van der Waals surface area contributed by atoms with E-state index in [-0.39, 0.29) is 16.4 Å². The molecule has 0 aliphatic carbocycles. The first-order valence-corrected chi connectivity index (χ1v) is 11.5. The Kier molecular flexibility index (Phi) is 6.62. The van der Waals surface area contributed by atoms with Gasteiger partial charge in [-0.2, -0.15) is 4.68 Å². The van der Waals surface area contributed by atoms with Gasteiger partial charge in [0, 0.05) is 11.3 Å². The van der Waals surface area contributed by atoms with Crippen LogP contribution in [0.15, 0.2) is 82.5 Å². The smallest absolute Gasteiger partial charge is 0.349 e. The largest absolute Gasteiger partial charge is 0.497 e. The van der Waals surface area contributed by atoms with E-state index in [0.29, 0.717) is 17.1 Å². The van der Waals surface area contributed by atoms with E-state index < -0.39 is 27.4 Å². The molecule has 0 unspecified atom stereocenters. The van der Waals surface area contributed by atoms with Gasteiger partial charge in [-0.3, -0.25) is 15.2 Å². The Morgan fingerprint density at radius 3 is 2.29 bits per heavy atom. The number of aromatic amines is 1. The molecule has 0 saturated heterocycles. The molecule has 1 aromatic heterocycles. The van der Waals surface area contributed by atoms with E-state index in [4.69, 9.17) is 4.74 Å². The van der Waals surface area contributed by atoms with Crippen molar-refractivity contribution >= 4 is 27.6 Å². The summed E-state index contributed by atoms with van der Waals surface area (Å²) in [6.45, 7) is 0. The quantitative estimate of drug-likeness (QED) is 0.272. The summed E-state index contributed by atoms with van der Waals surface area (Å²) in [5, 5.41) is 6.99. The number of ether oxygens (including phenoxy) is 1. The summed E-state index contributed by atoms with van der Waals surface area (Å²) >= 11 is 0. The first-order valence-electron chi connectivity index (χ1n) is 10.0. The zero-order chi connectivity index (χ0) is 25.0. The number of nitrogens with one attached hydrogen (secondary N) is 4. The summed E-state index contributed by atoms with van der Waals surface area (Å²) in [7, 11) is -2.52. The number of H-pyrrole nitrogens is 1. The highest BCUT2D eigenvalue weighted by atomic mass is 32.2. The fourth-order valence-corrected chi connectivity index (χ4v) is 3.82. The SMILES string of the molecule is COc1ccc(S(=O)(=O)NNC(=O)c2ccc(Nc3nn(-c4ccc(F)cc4)c(=O)[nH]3)cc2)cc1. The van der Waals surface area contributed by atoms with Crippen LogP contribution in [0.3, 0.4) is 0 Å². The highest BCUT2D eigenvalue weighted by Crippen LogP contribution is 2.16. The fourth-order valence-electron chi connectivity index (χ4n) is 2.98. The second kappa shape index (κ2) is 9.79. The molecule has 0 aliphatic rings. The van der Waals surface area contributed by atoms with Crippen LogP contribution in [-0.4, -0.2) is 36.2 Å². The Bertz CT molecular complexity index is 1500. The van der Waals surface area contributed by atoms with Crippen LogP contribution in [0.2, 0.25) is 0 Å². The number of rotatable bonds is 8. The zero-order valence-corrected chi connectivity index (χ0v) is 19.0. The lowest BCUT2D eigenvalue weighted by Crippen LogP contribution is -2.41. The number of halogens is 1. The molecule has 0 aliphatic heterocycles. The van der Waals surface area contributed by atoms with Gasteiger partial charge >= 0.3 is 5.69 Å². The Balaban J connectivity index is 1.39. The lowest BCUT2D eigenvalue weighted by molar-refractivity contribution is 0.0945. The molecular weight excluding hydrogens is 479 g/mol. The molecule has 13 heteroatoms. The number of hydrogen-bond donors (Lipinski definition) is 4. The van der Waals surface area contributed by atoms with Crippen molar-refractivity contribution in [1.29, 1.82) is 0 Å². The minimum atomic E-state index is -3.98. The Morgan fingerprint density at radius 1 is 1.00 bits per heavy atom. The molecule has 180 valence electrons. The van der Waals surface area contributed by atoms with Gasteiger partial charge in [0.25, 0.3) is 15.9 Å². The Hall–Kier alpha value is -4.49. The van der Waals surface area contributed by atoms with E-state index in [9.17, 15) is 22.4 Å². The molecule has 0 atom stereocenters. The van der Waals surface area contributed by atoms with Crippen LogP contribution >= 0.6 is 0 Å². The number of carbonyl (C=O) groups excluding carboxylic acids is 1. The summed E-state index contributed by atoms with van der Waals surface area (Å²) in [6.07, 6.45) is 0. The van der Waals surface area contributed by atoms with Crippen molar-refractivity contribution in [1.82, 2.24) is 25.0 Å². The topological polar surface area (TPSA) is 147 Å². The molecule has 0 fully saturated rings. The third kappa shape index (κ3) is 5.54. The van der Waals surface area contributed by atoms with Crippen LogP contribution in [0, 0.1) is 5.82 Å². The number of methoxy groups -OCH3 is 1. The third-order valence-electron chi connectivity index (χ3n) is 4.77. The maximum Gasteiger partial charge on any atom is 0.349 e. The van der Waals surface area contributed by atoms with Gasteiger partial charge in [-0.05, 0) is 72.8 Å². The summed E-state index contributed by atoms with van der Waals surface area (Å²) in [4.78, 5) is 29.0. The van der Waals surface area contributed by atoms with E-state index >= 15 is 0 Å². The summed E-state index contributed by atoms with van der Waals surface area (Å²) < 4.78 is 43.8. The summed E-state index contributed by atoms with van der Waals surface area (Å²) in [6, 6.07) is 16.9. The van der Waals surface area contributed by atoms with Gasteiger partial charge < -0.3 is 10.1 Å². The number of benzene rings is 3. The first-order chi connectivity index (χ1) is 16.7. The highest BCUT2D eigenvalue weighted by molar-refractivity contribution is 7.89. The van der Waals surface area contributed by atoms with Gasteiger partial charge in [-0.25, -0.2) is 17.6 Å². The van der Waals surface area contributed by atoms with E-state index in [1.807, 2.05) is 4.83 Å². The number of amides is 1. The minimum absolute atomic E-state index is 0.0489. The molecule has 0 radical (unpaired) electrons. The Morgan fingerprint density at radius 2 is 1.66 bits per heavy atom. The number of aromatic nitrogens is 3. The molecule has 0 bridgehead atoms. The molecule has 11 nitrogen and oxygen atoms in total. The number of hydrogen-bond acceptors (Lipinski definition) is 7. The third-order valence-corrected chi connectivity index (χ3v) is 6.03. The van der Waals surface area contributed by atoms with Crippen molar-refractivity contribution in [3.63, 3.8) is 0 Å². The van der Waals surface area contributed by atoms with Crippen LogP contribution in [0.1, 0.15) is 10.4 Å². The van der Waals surface area contributed by atoms with Gasteiger partial charge in [-0.15, -0.1) is 9.93 Å². The molecule has 35 heavy (non-hydrogen) atoms. The van der Waals surface area contributed by atoms with Crippen molar-refractivity contribution in [3.05, 3.63) is 94.7 Å². The normalized spacial score (nSPS) is 11.1. The van der Waals surface area contributed by atoms with Gasteiger partial charge in [0.1, 0.15) is 11.6 Å². The standard InChI is InChI=1S/C22H19FN6O5S/c1-34-18-10-12-19(13-11-18)35(32,33)28-26-20(30)14-2-6-16(7-3-14)24-21-25-22(31)29(27-21)17-8-4-15(23)5-9-17/h2-13,28H,1H3,(H,26,30)(H2,24,25,27,31). The van der Waals surface area contributed by atoms with Crippen LogP contribution in [0.5, 0.6) is 5.75 Å². The molecule has 4 N–H and O–H groups in total. The molecule has 0 spiro atoms. The zero-order valence-electron chi connectivity index (χ0n) is 18.2. The molecule has 0 saturated carbocycles. The second-order valence-electron chi connectivity index (χ2n) is 7.10. The highest BCUT2D eigenvalue weighted by Gasteiger charge is 2.16. The fraction of sp³-hybridized carbons (Fsp3) is 0.0455. The Labute approximate surface area is 198 Å². The van der Waals surface area contributed by atoms with Crippen molar-refractivity contribution in [2.45, 2.75) is 4.90 Å². The molecule has 3 aromatic carbocycles. The van der Waals surface area contributed by atoms with E-state index in [1.165, 1.54) is 67.8 Å². The van der Waals surface area contributed by atoms with Crippen molar-refractivity contribution < 1.29 is 22.3 Å². The van der Waals surface area contributed by atoms with E-state index in [1.54, 1.807) is 12.1 Å². The summed E-state index contributed by atoms with van der Waals surface area (Å²) in [5.74, 6) is -0.493. The van der Waals surface area contributed by atoms with E-state index in [0.717, 1.165) is 4.68 Å². The first kappa shape index (κ1) is 23.7. The number of anilines is 2. The lowest BCUT2D eigenvalue weighted by atomic mass is 10.2. The van der Waals surface area contributed by atoms with Gasteiger partial charge in [-0.1, -0.05) is 0 Å². The predicted molar refractivity (Wildman–Crippen MR) is 125 cm³/mol. The molecule has 4 rings (SSSR count). The van der Waals surface area contributed by atoms with Crippen LogP contribution < -0.4 is 26.0 Å². The maximum absolute atomic E-state index is 13.1. The average Bonchev–Trinajstić information content (AvgIpc) is 3.23. The second-order valence-corrected chi connectivity index (χ2v) is 8.79.